The molecular weight excluding hydrogens is 311 g/mol. The van der Waals surface area contributed by atoms with Crippen LogP contribution in [0.1, 0.15) is 37.7 Å². The highest BCUT2D eigenvalue weighted by molar-refractivity contribution is 7.99. The maximum atomic E-state index is 6.24. The van der Waals surface area contributed by atoms with Gasteiger partial charge >= 0.3 is 0 Å². The highest BCUT2D eigenvalue weighted by Crippen LogP contribution is 2.30. The Bertz CT molecular complexity index is 422. The van der Waals surface area contributed by atoms with Gasteiger partial charge in [0, 0.05) is 17.0 Å². The Morgan fingerprint density at radius 2 is 2.00 bits per heavy atom. The van der Waals surface area contributed by atoms with Crippen LogP contribution < -0.4 is 11.3 Å². The second-order valence-corrected chi connectivity index (χ2v) is 7.49. The van der Waals surface area contributed by atoms with E-state index in [9.17, 15) is 0 Å². The van der Waals surface area contributed by atoms with Gasteiger partial charge in [0.1, 0.15) is 0 Å². The predicted molar refractivity (Wildman–Crippen MR) is 90.6 cm³/mol. The van der Waals surface area contributed by atoms with Crippen molar-refractivity contribution in [1.29, 1.82) is 0 Å². The second kappa shape index (κ2) is 8.50. The molecule has 0 bridgehead atoms. The fourth-order valence-electron chi connectivity index (χ4n) is 2.62. The summed E-state index contributed by atoms with van der Waals surface area (Å²) < 4.78 is 0. The molecule has 1 aliphatic rings. The first-order valence-corrected chi connectivity index (χ1v) is 9.01. The summed E-state index contributed by atoms with van der Waals surface area (Å²) in [5, 5.41) is 2.06. The second-order valence-electron chi connectivity index (χ2n) is 5.37. The van der Waals surface area contributed by atoms with Crippen molar-refractivity contribution in [3.8, 4) is 0 Å². The molecule has 2 rings (SSSR count). The van der Waals surface area contributed by atoms with E-state index < -0.39 is 0 Å². The molecule has 1 fully saturated rings. The van der Waals surface area contributed by atoms with Crippen LogP contribution in [0.2, 0.25) is 10.0 Å². The minimum absolute atomic E-state index is 0.234. The summed E-state index contributed by atoms with van der Waals surface area (Å²) in [5.41, 5.74) is 3.98. The van der Waals surface area contributed by atoms with Gasteiger partial charge in [0.25, 0.3) is 0 Å². The highest BCUT2D eigenvalue weighted by atomic mass is 35.5. The van der Waals surface area contributed by atoms with E-state index in [1.807, 2.05) is 30.0 Å². The number of hydrogen-bond donors (Lipinski definition) is 2. The van der Waals surface area contributed by atoms with Crippen LogP contribution in [-0.4, -0.2) is 17.0 Å². The normalized spacial score (nSPS) is 18.1. The predicted octanol–water partition coefficient (Wildman–Crippen LogP) is 4.43. The van der Waals surface area contributed by atoms with Gasteiger partial charge in [0.05, 0.1) is 10.0 Å². The number of rotatable bonds is 6. The molecule has 1 unspecified atom stereocenters. The van der Waals surface area contributed by atoms with Crippen LogP contribution in [-0.2, 0) is 6.42 Å². The van der Waals surface area contributed by atoms with Crippen LogP contribution in [0, 0.1) is 0 Å². The topological polar surface area (TPSA) is 38.0 Å². The standard InChI is InChI=1S/C15H22Cl2N2S/c16-14-8-4-5-11(15(14)17)9-12(19-18)10-20-13-6-2-1-3-7-13/h4-5,8,12-13,19H,1-3,6-7,9-10,18H2. The quantitative estimate of drug-likeness (QED) is 0.597. The van der Waals surface area contributed by atoms with E-state index in [0.29, 0.717) is 10.0 Å². The maximum absolute atomic E-state index is 6.24. The van der Waals surface area contributed by atoms with E-state index in [1.165, 1.54) is 32.1 Å². The first kappa shape index (κ1) is 16.4. The summed E-state index contributed by atoms with van der Waals surface area (Å²) in [7, 11) is 0. The molecule has 0 amide bonds. The van der Waals surface area contributed by atoms with Gasteiger partial charge in [-0.1, -0.05) is 54.6 Å². The molecule has 2 nitrogen and oxygen atoms in total. The number of hydrogen-bond acceptors (Lipinski definition) is 3. The number of hydrazine groups is 1. The molecule has 0 spiro atoms. The summed E-state index contributed by atoms with van der Waals surface area (Å²) in [6.07, 6.45) is 7.65. The van der Waals surface area contributed by atoms with Gasteiger partial charge in [0.15, 0.2) is 0 Å². The van der Waals surface area contributed by atoms with Gasteiger partial charge in [-0.2, -0.15) is 11.8 Å². The molecule has 112 valence electrons. The molecule has 3 N–H and O–H groups in total. The zero-order chi connectivity index (χ0) is 14.4. The lowest BCUT2D eigenvalue weighted by atomic mass is 10.0. The third kappa shape index (κ3) is 4.81. The van der Waals surface area contributed by atoms with E-state index in [1.54, 1.807) is 0 Å². The molecule has 1 aromatic rings. The van der Waals surface area contributed by atoms with Gasteiger partial charge in [-0.25, -0.2) is 0 Å². The molecule has 0 radical (unpaired) electrons. The molecule has 0 saturated heterocycles. The molecule has 5 heteroatoms. The Morgan fingerprint density at radius 3 is 2.70 bits per heavy atom. The van der Waals surface area contributed by atoms with E-state index in [-0.39, 0.29) is 6.04 Å². The van der Waals surface area contributed by atoms with Gasteiger partial charge in [-0.3, -0.25) is 11.3 Å². The monoisotopic (exact) mass is 332 g/mol. The van der Waals surface area contributed by atoms with Gasteiger partial charge in [-0.15, -0.1) is 0 Å². The Balaban J connectivity index is 1.86. The third-order valence-corrected chi connectivity index (χ3v) is 6.21. The number of nitrogens with one attached hydrogen (secondary N) is 1. The van der Waals surface area contributed by atoms with Crippen molar-refractivity contribution in [1.82, 2.24) is 5.43 Å². The summed E-state index contributed by atoms with van der Waals surface area (Å²) in [6.45, 7) is 0. The van der Waals surface area contributed by atoms with Crippen LogP contribution in [0.4, 0.5) is 0 Å². The number of thioether (sulfide) groups is 1. The minimum atomic E-state index is 0.234. The van der Waals surface area contributed by atoms with Crippen LogP contribution in [0.25, 0.3) is 0 Å². The smallest absolute Gasteiger partial charge is 0.0624 e. The summed E-state index contributed by atoms with van der Waals surface area (Å²) in [4.78, 5) is 0. The Labute approximate surface area is 135 Å². The fraction of sp³-hybridized carbons (Fsp3) is 0.600. The molecule has 1 aliphatic carbocycles. The first-order chi connectivity index (χ1) is 9.70. The van der Waals surface area contributed by atoms with Crippen LogP contribution in [0.3, 0.4) is 0 Å². The van der Waals surface area contributed by atoms with E-state index in [2.05, 4.69) is 5.43 Å². The molecule has 1 aromatic carbocycles. The largest absolute Gasteiger partial charge is 0.271 e. The van der Waals surface area contributed by atoms with Crippen LogP contribution in [0.15, 0.2) is 18.2 Å². The Hall–Kier alpha value is 0.0700. The van der Waals surface area contributed by atoms with Crippen molar-refractivity contribution >= 4 is 35.0 Å². The summed E-state index contributed by atoms with van der Waals surface area (Å²) in [5.74, 6) is 6.70. The van der Waals surface area contributed by atoms with Crippen molar-refractivity contribution in [2.24, 2.45) is 5.84 Å². The molecule has 0 aromatic heterocycles. The molecule has 1 saturated carbocycles. The number of nitrogens with two attached hydrogens (primary N) is 1. The van der Waals surface area contributed by atoms with Crippen molar-refractivity contribution in [3.63, 3.8) is 0 Å². The maximum Gasteiger partial charge on any atom is 0.0624 e. The van der Waals surface area contributed by atoms with Gasteiger partial charge in [0.2, 0.25) is 0 Å². The Kier molecular flexibility index (Phi) is 6.99. The van der Waals surface area contributed by atoms with Gasteiger partial charge in [-0.05, 0) is 30.9 Å². The van der Waals surface area contributed by atoms with E-state index in [0.717, 1.165) is 23.0 Å². The molecule has 1 atom stereocenters. The summed E-state index contributed by atoms with van der Waals surface area (Å²) in [6, 6.07) is 6.00. The lowest BCUT2D eigenvalue weighted by Crippen LogP contribution is -2.39. The van der Waals surface area contributed by atoms with Crippen molar-refractivity contribution in [2.45, 2.75) is 49.8 Å². The average Bonchev–Trinajstić information content (AvgIpc) is 2.49. The zero-order valence-electron chi connectivity index (χ0n) is 11.6. The summed E-state index contributed by atoms with van der Waals surface area (Å²) >= 11 is 14.3. The molecule has 0 aliphatic heterocycles. The average molecular weight is 333 g/mol. The lowest BCUT2D eigenvalue weighted by molar-refractivity contribution is 0.513. The fourth-order valence-corrected chi connectivity index (χ4v) is 4.40. The highest BCUT2D eigenvalue weighted by Gasteiger charge is 2.17. The Morgan fingerprint density at radius 1 is 1.25 bits per heavy atom. The lowest BCUT2D eigenvalue weighted by Gasteiger charge is -2.24. The molecule has 0 heterocycles. The van der Waals surface area contributed by atoms with Crippen molar-refractivity contribution < 1.29 is 0 Å². The van der Waals surface area contributed by atoms with Crippen LogP contribution in [0.5, 0.6) is 0 Å². The van der Waals surface area contributed by atoms with E-state index in [4.69, 9.17) is 29.0 Å². The van der Waals surface area contributed by atoms with Crippen molar-refractivity contribution in [3.05, 3.63) is 33.8 Å². The zero-order valence-corrected chi connectivity index (χ0v) is 13.9. The van der Waals surface area contributed by atoms with Gasteiger partial charge < -0.3 is 0 Å². The molecular formula is C15H22Cl2N2S. The first-order valence-electron chi connectivity index (χ1n) is 7.21. The SMILES string of the molecule is NNC(CSC1CCCCC1)Cc1cccc(Cl)c1Cl. The van der Waals surface area contributed by atoms with E-state index >= 15 is 0 Å². The number of benzene rings is 1. The van der Waals surface area contributed by atoms with Crippen molar-refractivity contribution in [2.75, 3.05) is 5.75 Å². The third-order valence-electron chi connectivity index (χ3n) is 3.82. The van der Waals surface area contributed by atoms with Crippen LogP contribution >= 0.6 is 35.0 Å². The molecule has 20 heavy (non-hydrogen) atoms. The number of halogens is 2. The minimum Gasteiger partial charge on any atom is -0.271 e.